The quantitative estimate of drug-likeness (QED) is 0.800. The highest BCUT2D eigenvalue weighted by Crippen LogP contribution is 2.10. The Bertz CT molecular complexity index is 397. The van der Waals surface area contributed by atoms with E-state index >= 15 is 0 Å². The van der Waals surface area contributed by atoms with Crippen molar-refractivity contribution in [1.82, 2.24) is 10.3 Å². The van der Waals surface area contributed by atoms with Crippen molar-refractivity contribution in [3.63, 3.8) is 0 Å². The zero-order valence-corrected chi connectivity index (χ0v) is 9.41. The lowest BCUT2D eigenvalue weighted by atomic mass is 10.1. The highest BCUT2D eigenvalue weighted by molar-refractivity contribution is 5.78. The molecule has 0 fully saturated rings. The summed E-state index contributed by atoms with van der Waals surface area (Å²) in [7, 11) is 0. The lowest BCUT2D eigenvalue weighted by Crippen LogP contribution is -2.39. The van der Waals surface area contributed by atoms with Crippen molar-refractivity contribution in [2.45, 2.75) is 19.3 Å². The SMILES string of the molecule is Cc1cccnc1CC(=O)NCC(F)(F)CO. The first-order valence-corrected chi connectivity index (χ1v) is 5.10. The fraction of sp³-hybridized carbons (Fsp3) is 0.455. The minimum Gasteiger partial charge on any atom is -0.390 e. The average molecular weight is 244 g/mol. The van der Waals surface area contributed by atoms with Crippen LogP contribution in [0.15, 0.2) is 18.3 Å². The van der Waals surface area contributed by atoms with Crippen LogP contribution in [-0.4, -0.2) is 35.1 Å². The van der Waals surface area contributed by atoms with Crippen LogP contribution in [0.25, 0.3) is 0 Å². The maximum atomic E-state index is 12.7. The number of rotatable bonds is 5. The van der Waals surface area contributed by atoms with Crippen molar-refractivity contribution in [2.24, 2.45) is 0 Å². The largest absolute Gasteiger partial charge is 0.390 e. The number of carbonyl (C=O) groups excluding carboxylic acids is 1. The molecule has 2 N–H and O–H groups in total. The fourth-order valence-corrected chi connectivity index (χ4v) is 1.20. The van der Waals surface area contributed by atoms with E-state index in [-0.39, 0.29) is 6.42 Å². The van der Waals surface area contributed by atoms with Gasteiger partial charge in [-0.2, -0.15) is 0 Å². The van der Waals surface area contributed by atoms with Crippen LogP contribution in [0.4, 0.5) is 8.78 Å². The van der Waals surface area contributed by atoms with E-state index in [1.165, 1.54) is 6.20 Å². The molecule has 0 aliphatic heterocycles. The molecule has 1 aromatic heterocycles. The molecule has 1 amide bonds. The number of hydrogen-bond acceptors (Lipinski definition) is 3. The smallest absolute Gasteiger partial charge is 0.287 e. The Labute approximate surface area is 97.7 Å². The van der Waals surface area contributed by atoms with Gasteiger partial charge in [-0.15, -0.1) is 0 Å². The Morgan fingerprint density at radius 1 is 1.59 bits per heavy atom. The summed E-state index contributed by atoms with van der Waals surface area (Å²) in [6.45, 7) is -0.359. The zero-order valence-electron chi connectivity index (χ0n) is 9.41. The van der Waals surface area contributed by atoms with Crippen LogP contribution >= 0.6 is 0 Å². The second-order valence-electron chi connectivity index (χ2n) is 3.73. The van der Waals surface area contributed by atoms with Crippen molar-refractivity contribution < 1.29 is 18.7 Å². The number of amides is 1. The highest BCUT2D eigenvalue weighted by Gasteiger charge is 2.28. The van der Waals surface area contributed by atoms with Crippen LogP contribution in [0, 0.1) is 6.92 Å². The summed E-state index contributed by atoms with van der Waals surface area (Å²) in [4.78, 5) is 15.3. The molecule has 94 valence electrons. The molecule has 0 atom stereocenters. The standard InChI is InChI=1S/C11H14F2N2O2/c1-8-3-2-4-14-9(8)5-10(17)15-6-11(12,13)7-16/h2-4,16H,5-7H2,1H3,(H,15,17). The maximum Gasteiger partial charge on any atom is 0.287 e. The fourth-order valence-electron chi connectivity index (χ4n) is 1.20. The molecule has 0 saturated heterocycles. The molecule has 0 aromatic carbocycles. The van der Waals surface area contributed by atoms with Gasteiger partial charge in [-0.25, -0.2) is 8.78 Å². The molecule has 0 spiro atoms. The Hall–Kier alpha value is -1.56. The molecule has 17 heavy (non-hydrogen) atoms. The first kappa shape index (κ1) is 13.5. The minimum atomic E-state index is -3.28. The highest BCUT2D eigenvalue weighted by atomic mass is 19.3. The zero-order chi connectivity index (χ0) is 12.9. The van der Waals surface area contributed by atoms with E-state index in [4.69, 9.17) is 5.11 Å². The molecular formula is C11H14F2N2O2. The van der Waals surface area contributed by atoms with Crippen molar-refractivity contribution in [3.8, 4) is 0 Å². The number of alkyl halides is 2. The molecule has 0 bridgehead atoms. The van der Waals surface area contributed by atoms with Gasteiger partial charge in [0.2, 0.25) is 5.91 Å². The van der Waals surface area contributed by atoms with Gasteiger partial charge in [-0.1, -0.05) is 6.07 Å². The number of halogens is 2. The van der Waals surface area contributed by atoms with E-state index in [0.717, 1.165) is 5.56 Å². The number of aliphatic hydroxyl groups is 1. The number of pyridine rings is 1. The lowest BCUT2D eigenvalue weighted by molar-refractivity contribution is -0.123. The Balaban J connectivity index is 2.48. The van der Waals surface area contributed by atoms with E-state index in [1.54, 1.807) is 19.1 Å². The summed E-state index contributed by atoms with van der Waals surface area (Å²) >= 11 is 0. The van der Waals surface area contributed by atoms with Gasteiger partial charge in [-0.3, -0.25) is 9.78 Å². The molecule has 1 aromatic rings. The third kappa shape index (κ3) is 4.44. The number of aryl methyl sites for hydroxylation is 1. The maximum absolute atomic E-state index is 12.7. The minimum absolute atomic E-state index is 0.0474. The lowest BCUT2D eigenvalue weighted by Gasteiger charge is -2.14. The van der Waals surface area contributed by atoms with Crippen LogP contribution in [0.2, 0.25) is 0 Å². The Morgan fingerprint density at radius 2 is 2.29 bits per heavy atom. The first-order valence-electron chi connectivity index (χ1n) is 5.10. The Morgan fingerprint density at radius 3 is 2.88 bits per heavy atom. The number of nitrogens with one attached hydrogen (secondary N) is 1. The first-order chi connectivity index (χ1) is 7.94. The summed E-state index contributed by atoms with van der Waals surface area (Å²) in [5.74, 6) is -3.82. The molecule has 0 aliphatic carbocycles. The summed E-state index contributed by atoms with van der Waals surface area (Å²) < 4.78 is 25.3. The summed E-state index contributed by atoms with van der Waals surface area (Å²) in [5, 5.41) is 10.4. The number of nitrogens with zero attached hydrogens (tertiary/aromatic N) is 1. The monoisotopic (exact) mass is 244 g/mol. The predicted molar refractivity (Wildman–Crippen MR) is 57.7 cm³/mol. The average Bonchev–Trinajstić information content (AvgIpc) is 2.30. The normalized spacial score (nSPS) is 11.3. The van der Waals surface area contributed by atoms with E-state index in [2.05, 4.69) is 10.3 Å². The topological polar surface area (TPSA) is 62.2 Å². The third-order valence-electron chi connectivity index (χ3n) is 2.22. The van der Waals surface area contributed by atoms with E-state index < -0.39 is 25.0 Å². The van der Waals surface area contributed by atoms with Crippen molar-refractivity contribution in [2.75, 3.05) is 13.2 Å². The van der Waals surface area contributed by atoms with Gasteiger partial charge < -0.3 is 10.4 Å². The van der Waals surface area contributed by atoms with Crippen LogP contribution < -0.4 is 5.32 Å². The number of hydrogen-bond donors (Lipinski definition) is 2. The van der Waals surface area contributed by atoms with Crippen molar-refractivity contribution in [1.29, 1.82) is 0 Å². The molecule has 0 saturated carbocycles. The number of carbonyl (C=O) groups is 1. The molecule has 0 aliphatic rings. The molecule has 4 nitrogen and oxygen atoms in total. The Kier molecular flexibility index (Phi) is 4.51. The van der Waals surface area contributed by atoms with Crippen LogP contribution in [0.3, 0.4) is 0 Å². The molecule has 6 heteroatoms. The van der Waals surface area contributed by atoms with Crippen molar-refractivity contribution in [3.05, 3.63) is 29.6 Å². The van der Waals surface area contributed by atoms with E-state index in [0.29, 0.717) is 5.69 Å². The summed E-state index contributed by atoms with van der Waals surface area (Å²) in [5.41, 5.74) is 1.38. The van der Waals surface area contributed by atoms with Crippen LogP contribution in [0.1, 0.15) is 11.3 Å². The van der Waals surface area contributed by atoms with Gasteiger partial charge in [0.1, 0.15) is 6.61 Å². The van der Waals surface area contributed by atoms with Crippen molar-refractivity contribution >= 4 is 5.91 Å². The summed E-state index contributed by atoms with van der Waals surface area (Å²) in [6, 6.07) is 3.52. The van der Waals surface area contributed by atoms with Gasteiger partial charge in [0.15, 0.2) is 0 Å². The van der Waals surface area contributed by atoms with Crippen LogP contribution in [0.5, 0.6) is 0 Å². The van der Waals surface area contributed by atoms with Crippen LogP contribution in [-0.2, 0) is 11.2 Å². The van der Waals surface area contributed by atoms with E-state index in [9.17, 15) is 13.6 Å². The van der Waals surface area contributed by atoms with Gasteiger partial charge in [0.05, 0.1) is 18.7 Å². The molecule has 0 unspecified atom stereocenters. The second-order valence-corrected chi connectivity index (χ2v) is 3.73. The number of aromatic nitrogens is 1. The van der Waals surface area contributed by atoms with Gasteiger partial charge >= 0.3 is 0 Å². The second kappa shape index (κ2) is 5.67. The van der Waals surface area contributed by atoms with Gasteiger partial charge in [0, 0.05) is 6.20 Å². The van der Waals surface area contributed by atoms with Gasteiger partial charge in [0.25, 0.3) is 5.92 Å². The molecule has 1 heterocycles. The van der Waals surface area contributed by atoms with Gasteiger partial charge in [-0.05, 0) is 18.6 Å². The number of aliphatic hydroxyl groups excluding tert-OH is 1. The molecule has 1 rings (SSSR count). The predicted octanol–water partition coefficient (Wildman–Crippen LogP) is 0.676. The third-order valence-corrected chi connectivity index (χ3v) is 2.22. The summed E-state index contributed by atoms with van der Waals surface area (Å²) in [6.07, 6.45) is 1.49. The molecule has 0 radical (unpaired) electrons. The van der Waals surface area contributed by atoms with E-state index in [1.807, 2.05) is 0 Å². The molecular weight excluding hydrogens is 230 g/mol.